The topological polar surface area (TPSA) is 121 Å². The number of carbonyl (C=O) groups is 2. The van der Waals surface area contributed by atoms with Crippen LogP contribution in [0.4, 0.5) is 15.3 Å². The summed E-state index contributed by atoms with van der Waals surface area (Å²) in [6.07, 6.45) is -1.98. The SMILES string of the molecule is Cc1[nH]c(C)c(NC(=O)OC(C)(C)C)c(=O)c1CNC(=O)O. The molecule has 0 aromatic carbocycles. The number of carboxylic acid groups (broad SMARTS) is 1. The van der Waals surface area contributed by atoms with Crippen molar-refractivity contribution in [1.29, 1.82) is 0 Å². The maximum atomic E-state index is 12.4. The lowest BCUT2D eigenvalue weighted by Gasteiger charge is -2.20. The minimum absolute atomic E-state index is 0.0436. The first-order chi connectivity index (χ1) is 10.0. The number of carbonyl (C=O) groups excluding carboxylic acids is 1. The van der Waals surface area contributed by atoms with Crippen LogP contribution in [0.1, 0.15) is 37.7 Å². The number of hydrogen-bond donors (Lipinski definition) is 4. The van der Waals surface area contributed by atoms with E-state index in [1.165, 1.54) is 0 Å². The third-order valence-corrected chi connectivity index (χ3v) is 2.75. The molecule has 0 spiro atoms. The van der Waals surface area contributed by atoms with E-state index in [1.54, 1.807) is 34.6 Å². The highest BCUT2D eigenvalue weighted by atomic mass is 16.6. The van der Waals surface area contributed by atoms with Gasteiger partial charge in [0.2, 0.25) is 5.43 Å². The molecule has 2 amide bonds. The molecule has 0 atom stereocenters. The van der Waals surface area contributed by atoms with Gasteiger partial charge in [-0.25, -0.2) is 9.59 Å². The molecular weight excluding hydrogens is 290 g/mol. The number of hydrogen-bond acceptors (Lipinski definition) is 4. The first kappa shape index (κ1) is 17.5. The largest absolute Gasteiger partial charge is 0.465 e. The number of amides is 2. The predicted octanol–water partition coefficient (Wildman–Crippen LogP) is 2.11. The number of ether oxygens (including phenoxy) is 1. The average molecular weight is 311 g/mol. The Morgan fingerprint density at radius 3 is 2.32 bits per heavy atom. The van der Waals surface area contributed by atoms with Gasteiger partial charge in [-0.15, -0.1) is 0 Å². The van der Waals surface area contributed by atoms with Crippen molar-refractivity contribution in [3.63, 3.8) is 0 Å². The third-order valence-electron chi connectivity index (χ3n) is 2.75. The van der Waals surface area contributed by atoms with E-state index in [0.717, 1.165) is 0 Å². The van der Waals surface area contributed by atoms with E-state index in [9.17, 15) is 14.4 Å². The van der Waals surface area contributed by atoms with Gasteiger partial charge in [-0.2, -0.15) is 0 Å². The Labute approximate surface area is 127 Å². The zero-order valence-corrected chi connectivity index (χ0v) is 13.3. The van der Waals surface area contributed by atoms with Crippen molar-refractivity contribution in [2.75, 3.05) is 5.32 Å². The number of nitrogens with one attached hydrogen (secondary N) is 3. The second-order valence-corrected chi connectivity index (χ2v) is 5.84. The Kier molecular flexibility index (Phi) is 5.19. The quantitative estimate of drug-likeness (QED) is 0.681. The van der Waals surface area contributed by atoms with Crippen LogP contribution in [-0.4, -0.2) is 27.9 Å². The van der Waals surface area contributed by atoms with Crippen molar-refractivity contribution in [3.05, 3.63) is 27.2 Å². The van der Waals surface area contributed by atoms with E-state index >= 15 is 0 Å². The van der Waals surface area contributed by atoms with Crippen molar-refractivity contribution in [2.45, 2.75) is 46.8 Å². The number of pyridine rings is 1. The third kappa shape index (κ3) is 4.80. The molecule has 0 fully saturated rings. The van der Waals surface area contributed by atoms with Gasteiger partial charge < -0.3 is 20.1 Å². The van der Waals surface area contributed by atoms with Crippen molar-refractivity contribution in [1.82, 2.24) is 10.3 Å². The van der Waals surface area contributed by atoms with Gasteiger partial charge in [0.1, 0.15) is 11.3 Å². The molecule has 1 aromatic heterocycles. The van der Waals surface area contributed by atoms with Gasteiger partial charge in [-0.05, 0) is 34.6 Å². The molecule has 0 aliphatic rings. The molecule has 1 heterocycles. The molecule has 22 heavy (non-hydrogen) atoms. The van der Waals surface area contributed by atoms with Crippen LogP contribution in [0.3, 0.4) is 0 Å². The standard InChI is InChI=1S/C14H21N3O5/c1-7-9(6-15-12(19)20)11(18)10(8(2)16-7)17-13(21)22-14(3,4)5/h15H,6H2,1-5H3,(H,16,18)(H,17,21)(H,19,20). The molecule has 0 unspecified atom stereocenters. The van der Waals surface area contributed by atoms with Gasteiger partial charge in [-0.1, -0.05) is 0 Å². The minimum atomic E-state index is -1.24. The van der Waals surface area contributed by atoms with Crippen LogP contribution >= 0.6 is 0 Å². The van der Waals surface area contributed by atoms with Gasteiger partial charge in [0, 0.05) is 17.0 Å². The number of rotatable bonds is 3. The van der Waals surface area contributed by atoms with Crippen molar-refractivity contribution >= 4 is 17.9 Å². The Hall–Kier alpha value is -2.51. The number of aryl methyl sites for hydroxylation is 2. The molecule has 0 saturated heterocycles. The van der Waals surface area contributed by atoms with Crippen LogP contribution in [-0.2, 0) is 11.3 Å². The monoisotopic (exact) mass is 311 g/mol. The second-order valence-electron chi connectivity index (χ2n) is 5.84. The molecule has 1 rings (SSSR count). The van der Waals surface area contributed by atoms with Crippen molar-refractivity contribution in [3.8, 4) is 0 Å². The Balaban J connectivity index is 3.10. The second kappa shape index (κ2) is 6.50. The van der Waals surface area contributed by atoms with Gasteiger partial charge >= 0.3 is 12.2 Å². The van der Waals surface area contributed by atoms with Crippen LogP contribution < -0.4 is 16.1 Å². The summed E-state index contributed by atoms with van der Waals surface area (Å²) in [5.41, 5.74) is 0.135. The normalized spacial score (nSPS) is 11.0. The van der Waals surface area contributed by atoms with E-state index in [-0.39, 0.29) is 17.8 Å². The Morgan fingerprint density at radius 1 is 1.23 bits per heavy atom. The fourth-order valence-corrected chi connectivity index (χ4v) is 1.84. The summed E-state index contributed by atoms with van der Waals surface area (Å²) >= 11 is 0. The Morgan fingerprint density at radius 2 is 1.82 bits per heavy atom. The van der Waals surface area contributed by atoms with Gasteiger partial charge in [0.25, 0.3) is 0 Å². The first-order valence-corrected chi connectivity index (χ1v) is 6.70. The highest BCUT2D eigenvalue weighted by Crippen LogP contribution is 2.13. The van der Waals surface area contributed by atoms with Crippen LogP contribution in [0.15, 0.2) is 4.79 Å². The fourth-order valence-electron chi connectivity index (χ4n) is 1.84. The first-order valence-electron chi connectivity index (χ1n) is 6.70. The average Bonchev–Trinajstić information content (AvgIpc) is 2.31. The molecule has 8 heteroatoms. The summed E-state index contributed by atoms with van der Waals surface area (Å²) in [6.45, 7) is 8.27. The highest BCUT2D eigenvalue weighted by Gasteiger charge is 2.20. The smallest absolute Gasteiger partial charge is 0.412 e. The highest BCUT2D eigenvalue weighted by molar-refractivity contribution is 5.85. The van der Waals surface area contributed by atoms with E-state index in [4.69, 9.17) is 9.84 Å². The fraction of sp³-hybridized carbons (Fsp3) is 0.500. The van der Waals surface area contributed by atoms with Gasteiger partial charge in [0.15, 0.2) is 0 Å². The van der Waals surface area contributed by atoms with Crippen LogP contribution in [0.5, 0.6) is 0 Å². The molecule has 8 nitrogen and oxygen atoms in total. The van der Waals surface area contributed by atoms with E-state index in [1.807, 2.05) is 0 Å². The van der Waals surface area contributed by atoms with Gasteiger partial charge in [-0.3, -0.25) is 10.1 Å². The zero-order valence-electron chi connectivity index (χ0n) is 13.3. The molecule has 0 radical (unpaired) electrons. The summed E-state index contributed by atoms with van der Waals surface area (Å²) in [5.74, 6) is 0. The van der Waals surface area contributed by atoms with E-state index in [0.29, 0.717) is 11.4 Å². The van der Waals surface area contributed by atoms with Crippen LogP contribution in [0.25, 0.3) is 0 Å². The maximum absolute atomic E-state index is 12.4. The predicted molar refractivity (Wildman–Crippen MR) is 81.3 cm³/mol. The number of aromatic nitrogens is 1. The molecule has 0 aliphatic heterocycles. The molecule has 4 N–H and O–H groups in total. The minimum Gasteiger partial charge on any atom is -0.465 e. The number of aromatic amines is 1. The molecular formula is C14H21N3O5. The van der Waals surface area contributed by atoms with Gasteiger partial charge in [0.05, 0.1) is 6.54 Å². The number of H-pyrrole nitrogens is 1. The summed E-state index contributed by atoms with van der Waals surface area (Å²) in [5, 5.41) is 13.2. The summed E-state index contributed by atoms with van der Waals surface area (Å²) < 4.78 is 5.11. The Bertz CT molecular complexity index is 643. The van der Waals surface area contributed by atoms with Crippen LogP contribution in [0.2, 0.25) is 0 Å². The summed E-state index contributed by atoms with van der Waals surface area (Å²) in [7, 11) is 0. The molecule has 0 saturated carbocycles. The molecule has 0 bridgehead atoms. The van der Waals surface area contributed by atoms with Crippen molar-refractivity contribution in [2.24, 2.45) is 0 Å². The summed E-state index contributed by atoms with van der Waals surface area (Å²) in [6, 6.07) is 0. The van der Waals surface area contributed by atoms with E-state index in [2.05, 4.69) is 15.6 Å². The lowest BCUT2D eigenvalue weighted by molar-refractivity contribution is 0.0635. The maximum Gasteiger partial charge on any atom is 0.412 e. The van der Waals surface area contributed by atoms with E-state index < -0.39 is 23.2 Å². The molecule has 1 aromatic rings. The molecule has 122 valence electrons. The summed E-state index contributed by atoms with van der Waals surface area (Å²) in [4.78, 5) is 37.7. The lowest BCUT2D eigenvalue weighted by Crippen LogP contribution is -2.31. The number of anilines is 1. The molecule has 0 aliphatic carbocycles. The lowest BCUT2D eigenvalue weighted by atomic mass is 10.1. The van der Waals surface area contributed by atoms with Crippen molar-refractivity contribution < 1.29 is 19.4 Å². The van der Waals surface area contributed by atoms with Crippen LogP contribution in [0, 0.1) is 13.8 Å². The zero-order chi connectivity index (χ0) is 17.1.